The maximum atomic E-state index is 12.5. The summed E-state index contributed by atoms with van der Waals surface area (Å²) in [5, 5.41) is 2.93. The summed E-state index contributed by atoms with van der Waals surface area (Å²) in [7, 11) is 0. The molecule has 0 bridgehead atoms. The van der Waals surface area contributed by atoms with Crippen LogP contribution in [0.15, 0.2) is 23.7 Å². The molecule has 1 unspecified atom stereocenters. The Morgan fingerprint density at radius 3 is 2.88 bits per heavy atom. The van der Waals surface area contributed by atoms with Crippen molar-refractivity contribution in [1.82, 2.24) is 14.9 Å². The lowest BCUT2D eigenvalue weighted by molar-refractivity contribution is 0.0224. The van der Waals surface area contributed by atoms with Crippen molar-refractivity contribution in [3.8, 4) is 10.7 Å². The summed E-state index contributed by atoms with van der Waals surface area (Å²) in [4.78, 5) is 23.3. The van der Waals surface area contributed by atoms with Crippen LogP contribution in [-0.4, -0.2) is 33.1 Å². The summed E-state index contributed by atoms with van der Waals surface area (Å²) in [6, 6.07) is 4.07. The highest BCUT2D eigenvalue weighted by Gasteiger charge is 2.33. The highest BCUT2D eigenvalue weighted by molar-refractivity contribution is 7.13. The Kier molecular flexibility index (Phi) is 4.58. The number of aromatic nitrogens is 2. The van der Waals surface area contributed by atoms with Gasteiger partial charge in [-0.05, 0) is 58.2 Å². The Bertz CT molecular complexity index is 736. The number of ether oxygens (including phenoxy) is 1. The maximum Gasteiger partial charge on any atom is 0.410 e. The van der Waals surface area contributed by atoms with Crippen LogP contribution in [-0.2, 0) is 4.74 Å². The van der Waals surface area contributed by atoms with Gasteiger partial charge >= 0.3 is 6.09 Å². The molecule has 1 aliphatic rings. The van der Waals surface area contributed by atoms with Gasteiger partial charge in [0, 0.05) is 23.8 Å². The molecule has 3 heterocycles. The van der Waals surface area contributed by atoms with Crippen LogP contribution in [0.5, 0.6) is 0 Å². The molecule has 1 saturated heterocycles. The van der Waals surface area contributed by atoms with E-state index in [4.69, 9.17) is 4.74 Å². The molecule has 0 spiro atoms. The third-order valence-electron chi connectivity index (χ3n) is 3.89. The van der Waals surface area contributed by atoms with Crippen LogP contribution in [0.1, 0.15) is 50.9 Å². The predicted molar refractivity (Wildman–Crippen MR) is 95.0 cm³/mol. The van der Waals surface area contributed by atoms with Crippen LogP contribution in [0.25, 0.3) is 10.7 Å². The number of rotatable bonds is 2. The molecule has 0 N–H and O–H groups in total. The van der Waals surface area contributed by atoms with Crippen LogP contribution in [0.2, 0.25) is 0 Å². The second-order valence-electron chi connectivity index (χ2n) is 7.10. The highest BCUT2D eigenvalue weighted by Crippen LogP contribution is 2.34. The number of hydrogen-bond acceptors (Lipinski definition) is 5. The van der Waals surface area contributed by atoms with E-state index in [1.807, 2.05) is 50.1 Å². The van der Waals surface area contributed by atoms with Gasteiger partial charge in [-0.15, -0.1) is 11.3 Å². The van der Waals surface area contributed by atoms with E-state index in [-0.39, 0.29) is 12.1 Å². The van der Waals surface area contributed by atoms with Gasteiger partial charge in [-0.1, -0.05) is 0 Å². The van der Waals surface area contributed by atoms with Crippen molar-refractivity contribution in [3.63, 3.8) is 0 Å². The van der Waals surface area contributed by atoms with Crippen molar-refractivity contribution in [3.05, 3.63) is 35.0 Å². The molecule has 2 aromatic heterocycles. The largest absolute Gasteiger partial charge is 0.444 e. The fourth-order valence-electron chi connectivity index (χ4n) is 2.90. The smallest absolute Gasteiger partial charge is 0.410 e. The van der Waals surface area contributed by atoms with Gasteiger partial charge in [0.2, 0.25) is 0 Å². The molecule has 0 aliphatic carbocycles. The van der Waals surface area contributed by atoms with Gasteiger partial charge in [0.15, 0.2) is 0 Å². The van der Waals surface area contributed by atoms with Crippen LogP contribution >= 0.6 is 11.3 Å². The Labute approximate surface area is 146 Å². The summed E-state index contributed by atoms with van der Waals surface area (Å²) in [5.41, 5.74) is 2.47. The number of thiazole rings is 1. The number of amides is 1. The molecule has 128 valence electrons. The van der Waals surface area contributed by atoms with Crippen molar-refractivity contribution in [2.24, 2.45) is 0 Å². The van der Waals surface area contributed by atoms with Gasteiger partial charge in [-0.25, -0.2) is 9.78 Å². The van der Waals surface area contributed by atoms with Gasteiger partial charge < -0.3 is 9.64 Å². The summed E-state index contributed by atoms with van der Waals surface area (Å²) >= 11 is 1.59. The Morgan fingerprint density at radius 2 is 2.21 bits per heavy atom. The van der Waals surface area contributed by atoms with Crippen molar-refractivity contribution in [1.29, 1.82) is 0 Å². The lowest BCUT2D eigenvalue weighted by Crippen LogP contribution is -2.36. The van der Waals surface area contributed by atoms with E-state index in [0.29, 0.717) is 0 Å². The topological polar surface area (TPSA) is 55.3 Å². The molecular weight excluding hydrogens is 322 g/mol. The molecule has 6 heteroatoms. The van der Waals surface area contributed by atoms with Gasteiger partial charge in [0.05, 0.1) is 11.7 Å². The van der Waals surface area contributed by atoms with E-state index < -0.39 is 5.60 Å². The highest BCUT2D eigenvalue weighted by atomic mass is 32.1. The van der Waals surface area contributed by atoms with Crippen LogP contribution in [0.3, 0.4) is 0 Å². The molecule has 1 atom stereocenters. The standard InChI is InChI=1S/C18H23N3O2S/c1-12-11-24-16(20-12)14-10-13(7-8-19-14)15-6-5-9-21(15)17(22)23-18(2,3)4/h7-8,10-11,15H,5-6,9H2,1-4H3. The van der Waals surface area contributed by atoms with Crippen molar-refractivity contribution in [2.75, 3.05) is 6.54 Å². The number of hydrogen-bond donors (Lipinski definition) is 0. The molecule has 1 amide bonds. The quantitative estimate of drug-likeness (QED) is 0.799. The lowest BCUT2D eigenvalue weighted by Gasteiger charge is -2.28. The second-order valence-corrected chi connectivity index (χ2v) is 7.96. The summed E-state index contributed by atoms with van der Waals surface area (Å²) in [6.45, 7) is 8.39. The van der Waals surface area contributed by atoms with E-state index >= 15 is 0 Å². The van der Waals surface area contributed by atoms with E-state index in [1.54, 1.807) is 17.5 Å². The fourth-order valence-corrected chi connectivity index (χ4v) is 3.66. The first-order chi connectivity index (χ1) is 11.3. The number of likely N-dealkylation sites (tertiary alicyclic amines) is 1. The number of aryl methyl sites for hydroxylation is 1. The van der Waals surface area contributed by atoms with Gasteiger partial charge in [0.1, 0.15) is 10.6 Å². The number of carbonyl (C=O) groups excluding carboxylic acids is 1. The van der Waals surface area contributed by atoms with Gasteiger partial charge in [-0.2, -0.15) is 0 Å². The van der Waals surface area contributed by atoms with Crippen molar-refractivity contribution < 1.29 is 9.53 Å². The van der Waals surface area contributed by atoms with E-state index in [2.05, 4.69) is 9.97 Å². The third-order valence-corrected chi connectivity index (χ3v) is 4.87. The zero-order chi connectivity index (χ0) is 17.3. The monoisotopic (exact) mass is 345 g/mol. The van der Waals surface area contributed by atoms with Crippen LogP contribution < -0.4 is 0 Å². The number of nitrogens with zero attached hydrogens (tertiary/aromatic N) is 3. The van der Waals surface area contributed by atoms with Crippen LogP contribution in [0, 0.1) is 6.92 Å². The van der Waals surface area contributed by atoms with E-state index in [1.165, 1.54) is 0 Å². The molecule has 1 aliphatic heterocycles. The van der Waals surface area contributed by atoms with E-state index in [0.717, 1.165) is 41.3 Å². The molecule has 0 radical (unpaired) electrons. The summed E-state index contributed by atoms with van der Waals surface area (Å²) < 4.78 is 5.55. The number of pyridine rings is 1. The minimum atomic E-state index is -0.480. The predicted octanol–water partition coefficient (Wildman–Crippen LogP) is 4.59. The van der Waals surface area contributed by atoms with Crippen LogP contribution in [0.4, 0.5) is 4.79 Å². The van der Waals surface area contributed by atoms with Crippen molar-refractivity contribution >= 4 is 17.4 Å². The van der Waals surface area contributed by atoms with Crippen molar-refractivity contribution in [2.45, 2.75) is 52.2 Å². The second kappa shape index (κ2) is 6.51. The molecule has 24 heavy (non-hydrogen) atoms. The Hall–Kier alpha value is -1.95. The SMILES string of the molecule is Cc1csc(-c2cc(C3CCCN3C(=O)OC(C)(C)C)ccn2)n1. The first-order valence-corrected chi connectivity index (χ1v) is 9.09. The summed E-state index contributed by atoms with van der Waals surface area (Å²) in [5.74, 6) is 0. The van der Waals surface area contributed by atoms with E-state index in [9.17, 15) is 4.79 Å². The number of carbonyl (C=O) groups is 1. The summed E-state index contributed by atoms with van der Waals surface area (Å²) in [6.07, 6.45) is 3.48. The molecule has 0 saturated carbocycles. The molecule has 3 rings (SSSR count). The molecular formula is C18H23N3O2S. The maximum absolute atomic E-state index is 12.5. The molecule has 5 nitrogen and oxygen atoms in total. The normalized spacial score (nSPS) is 18.0. The van der Waals surface area contributed by atoms with Gasteiger partial charge in [0.25, 0.3) is 0 Å². The lowest BCUT2D eigenvalue weighted by atomic mass is 10.1. The average Bonchev–Trinajstić information content (AvgIpc) is 3.14. The minimum absolute atomic E-state index is 0.0441. The fraction of sp³-hybridized carbons (Fsp3) is 0.500. The van der Waals surface area contributed by atoms with Gasteiger partial charge in [-0.3, -0.25) is 4.98 Å². The minimum Gasteiger partial charge on any atom is -0.444 e. The zero-order valence-electron chi connectivity index (χ0n) is 14.6. The molecule has 0 aromatic carbocycles. The Morgan fingerprint density at radius 1 is 1.42 bits per heavy atom. The third kappa shape index (κ3) is 3.75. The first kappa shape index (κ1) is 16.9. The molecule has 1 fully saturated rings. The first-order valence-electron chi connectivity index (χ1n) is 8.21. The Balaban J connectivity index is 1.84. The average molecular weight is 345 g/mol. The molecule has 2 aromatic rings. The zero-order valence-corrected chi connectivity index (χ0v) is 15.4.